The van der Waals surface area contributed by atoms with E-state index in [-0.39, 0.29) is 5.92 Å². The van der Waals surface area contributed by atoms with E-state index in [1.807, 2.05) is 54.3 Å². The topological polar surface area (TPSA) is 78.9 Å². The highest BCUT2D eigenvalue weighted by Gasteiger charge is 2.49. The van der Waals surface area contributed by atoms with E-state index in [1.54, 1.807) is 36.4 Å². The third kappa shape index (κ3) is 6.79. The van der Waals surface area contributed by atoms with Gasteiger partial charge < -0.3 is 15.2 Å². The zero-order valence-corrected chi connectivity index (χ0v) is 25.1. The molecular formula is C36H35F3N2O4. The molecule has 0 aliphatic carbocycles. The molecule has 2 N–H and O–H groups in total. The summed E-state index contributed by atoms with van der Waals surface area (Å²) in [4.78, 5) is 28.1. The number of piperidine rings is 1. The first-order valence-electron chi connectivity index (χ1n) is 14.9. The summed E-state index contributed by atoms with van der Waals surface area (Å²) in [6, 6.07) is 26.9. The van der Waals surface area contributed by atoms with Gasteiger partial charge in [0.15, 0.2) is 0 Å². The molecule has 6 nitrogen and oxygen atoms in total. The maximum Gasteiger partial charge on any atom is 0.416 e. The molecule has 0 radical (unpaired) electrons. The van der Waals surface area contributed by atoms with Gasteiger partial charge in [0.05, 0.1) is 5.56 Å². The van der Waals surface area contributed by atoms with Crippen LogP contribution in [0.3, 0.4) is 0 Å². The lowest BCUT2D eigenvalue weighted by atomic mass is 9.82. The first-order chi connectivity index (χ1) is 21.5. The van der Waals surface area contributed by atoms with Gasteiger partial charge in [0.25, 0.3) is 5.91 Å². The quantitative estimate of drug-likeness (QED) is 0.198. The average molecular weight is 617 g/mol. The van der Waals surface area contributed by atoms with E-state index < -0.39 is 35.4 Å². The number of rotatable bonds is 9. The van der Waals surface area contributed by atoms with E-state index in [1.165, 1.54) is 12.1 Å². The van der Waals surface area contributed by atoms with E-state index in [4.69, 9.17) is 4.74 Å². The number of amides is 1. The molecule has 3 unspecified atom stereocenters. The lowest BCUT2D eigenvalue weighted by Crippen LogP contribution is -2.56. The summed E-state index contributed by atoms with van der Waals surface area (Å²) < 4.78 is 45.7. The van der Waals surface area contributed by atoms with Gasteiger partial charge in [-0.05, 0) is 78.3 Å². The molecule has 1 heterocycles. The lowest BCUT2D eigenvalue weighted by Gasteiger charge is -2.51. The van der Waals surface area contributed by atoms with Crippen molar-refractivity contribution < 1.29 is 32.6 Å². The number of nitrogens with one attached hydrogen (secondary N) is 1. The standard InChI is InChI=1S/C36H35F3N2O4/c1-3-45-35(23-24(2)21-22-41(35)32(34(43)44)26-9-5-4-6-10-26)27-17-19-29(20-18-27)40-33(42)31-12-8-7-11-30(31)25-13-15-28(16-14-25)36(37,38)39/h4-20,24,32H,3,21-23H2,1-2H3,(H,40,42)(H,43,44). The molecule has 1 fully saturated rings. The van der Waals surface area contributed by atoms with E-state index in [2.05, 4.69) is 12.2 Å². The van der Waals surface area contributed by atoms with Gasteiger partial charge in [-0.25, -0.2) is 0 Å². The Morgan fingerprint density at radius 3 is 2.22 bits per heavy atom. The van der Waals surface area contributed by atoms with Gasteiger partial charge >= 0.3 is 12.1 Å². The molecular weight excluding hydrogens is 581 g/mol. The van der Waals surface area contributed by atoms with Crippen LogP contribution in [-0.2, 0) is 21.4 Å². The Labute approximate surface area is 260 Å². The van der Waals surface area contributed by atoms with E-state index in [0.717, 1.165) is 24.1 Å². The second kappa shape index (κ2) is 13.3. The molecule has 5 rings (SSSR count). The molecule has 0 spiro atoms. The van der Waals surface area contributed by atoms with Crippen LogP contribution in [0.2, 0.25) is 0 Å². The van der Waals surface area contributed by atoms with E-state index in [9.17, 15) is 27.9 Å². The fourth-order valence-electron chi connectivity index (χ4n) is 6.19. The Hall–Kier alpha value is -4.47. The number of benzene rings is 4. The van der Waals surface area contributed by atoms with Gasteiger partial charge in [-0.15, -0.1) is 0 Å². The predicted molar refractivity (Wildman–Crippen MR) is 167 cm³/mol. The first-order valence-corrected chi connectivity index (χ1v) is 14.9. The molecule has 4 aromatic carbocycles. The molecule has 0 bridgehead atoms. The summed E-state index contributed by atoms with van der Waals surface area (Å²) >= 11 is 0. The summed E-state index contributed by atoms with van der Waals surface area (Å²) in [5.74, 6) is -1.10. The number of hydrogen-bond acceptors (Lipinski definition) is 4. The monoisotopic (exact) mass is 616 g/mol. The molecule has 0 aromatic heterocycles. The Balaban J connectivity index is 1.44. The van der Waals surface area contributed by atoms with Gasteiger partial charge in [0, 0.05) is 24.4 Å². The molecule has 1 aliphatic heterocycles. The van der Waals surface area contributed by atoms with Crippen LogP contribution in [0.5, 0.6) is 0 Å². The normalized spacial score (nSPS) is 19.5. The highest BCUT2D eigenvalue weighted by molar-refractivity contribution is 6.08. The van der Waals surface area contributed by atoms with Gasteiger partial charge in [-0.1, -0.05) is 79.7 Å². The third-order valence-electron chi connectivity index (χ3n) is 8.28. The Morgan fingerprint density at radius 1 is 0.956 bits per heavy atom. The SMILES string of the molecule is CCOC1(c2ccc(NC(=O)c3ccccc3-c3ccc(C(F)(F)F)cc3)cc2)CC(C)CCN1C(C(=O)O)c1ccccc1. The van der Waals surface area contributed by atoms with Crippen molar-refractivity contribution in [3.05, 3.63) is 125 Å². The van der Waals surface area contributed by atoms with Gasteiger partial charge in [-0.2, -0.15) is 13.2 Å². The minimum absolute atomic E-state index is 0.277. The molecule has 1 saturated heterocycles. The number of halogens is 3. The van der Waals surface area contributed by atoms with Crippen molar-refractivity contribution in [3.63, 3.8) is 0 Å². The van der Waals surface area contributed by atoms with Crippen LogP contribution in [0.15, 0.2) is 103 Å². The number of carboxylic acid groups (broad SMARTS) is 1. The van der Waals surface area contributed by atoms with Crippen molar-refractivity contribution in [1.82, 2.24) is 4.90 Å². The van der Waals surface area contributed by atoms with Gasteiger partial charge in [-0.3, -0.25) is 14.5 Å². The van der Waals surface area contributed by atoms with Crippen molar-refractivity contribution in [1.29, 1.82) is 0 Å². The number of carbonyl (C=O) groups is 2. The van der Waals surface area contributed by atoms with Crippen molar-refractivity contribution in [2.75, 3.05) is 18.5 Å². The molecule has 1 aliphatic rings. The zero-order valence-electron chi connectivity index (χ0n) is 25.1. The van der Waals surface area contributed by atoms with Crippen molar-refractivity contribution in [2.45, 2.75) is 44.6 Å². The van der Waals surface area contributed by atoms with E-state index >= 15 is 0 Å². The highest BCUT2D eigenvalue weighted by atomic mass is 19.4. The highest BCUT2D eigenvalue weighted by Crippen LogP contribution is 2.46. The van der Waals surface area contributed by atoms with Crippen LogP contribution in [0.4, 0.5) is 18.9 Å². The van der Waals surface area contributed by atoms with Crippen molar-refractivity contribution in [3.8, 4) is 11.1 Å². The molecule has 4 aromatic rings. The van der Waals surface area contributed by atoms with Crippen LogP contribution >= 0.6 is 0 Å². The van der Waals surface area contributed by atoms with Crippen LogP contribution in [0, 0.1) is 5.92 Å². The predicted octanol–water partition coefficient (Wildman–Crippen LogP) is 8.37. The molecule has 45 heavy (non-hydrogen) atoms. The molecule has 3 atom stereocenters. The number of carbonyl (C=O) groups excluding carboxylic acids is 1. The second-order valence-corrected chi connectivity index (χ2v) is 11.3. The minimum Gasteiger partial charge on any atom is -0.480 e. The lowest BCUT2D eigenvalue weighted by molar-refractivity contribution is -0.212. The second-order valence-electron chi connectivity index (χ2n) is 11.3. The zero-order chi connectivity index (χ0) is 32.2. The summed E-state index contributed by atoms with van der Waals surface area (Å²) in [6.07, 6.45) is -3.05. The van der Waals surface area contributed by atoms with Gasteiger partial charge in [0.1, 0.15) is 11.8 Å². The van der Waals surface area contributed by atoms with Crippen LogP contribution in [0.25, 0.3) is 11.1 Å². The van der Waals surface area contributed by atoms with Crippen LogP contribution < -0.4 is 5.32 Å². The maximum atomic E-state index is 13.4. The number of ether oxygens (including phenoxy) is 1. The summed E-state index contributed by atoms with van der Waals surface area (Å²) in [6.45, 7) is 4.90. The van der Waals surface area contributed by atoms with Crippen LogP contribution in [-0.4, -0.2) is 35.0 Å². The number of nitrogens with zero attached hydrogens (tertiary/aromatic N) is 1. The van der Waals surface area contributed by atoms with E-state index in [0.29, 0.717) is 47.5 Å². The van der Waals surface area contributed by atoms with Crippen molar-refractivity contribution >= 4 is 17.6 Å². The third-order valence-corrected chi connectivity index (χ3v) is 8.28. The number of hydrogen-bond donors (Lipinski definition) is 2. The molecule has 9 heteroatoms. The fraction of sp³-hybridized carbons (Fsp3) is 0.278. The maximum absolute atomic E-state index is 13.4. The Morgan fingerprint density at radius 2 is 1.60 bits per heavy atom. The molecule has 0 saturated carbocycles. The summed E-state index contributed by atoms with van der Waals surface area (Å²) in [5, 5.41) is 13.3. The fourth-order valence-corrected chi connectivity index (χ4v) is 6.19. The summed E-state index contributed by atoms with van der Waals surface area (Å²) in [7, 11) is 0. The van der Waals surface area contributed by atoms with Crippen molar-refractivity contribution in [2.24, 2.45) is 5.92 Å². The minimum atomic E-state index is -4.45. The summed E-state index contributed by atoms with van der Waals surface area (Å²) in [5.41, 5.74) is 1.48. The number of carboxylic acids is 1. The Kier molecular flexibility index (Phi) is 9.41. The molecule has 234 valence electrons. The Bertz CT molecular complexity index is 1630. The van der Waals surface area contributed by atoms with Gasteiger partial charge in [0.2, 0.25) is 0 Å². The molecule has 1 amide bonds. The smallest absolute Gasteiger partial charge is 0.416 e. The number of anilines is 1. The average Bonchev–Trinajstić information content (AvgIpc) is 3.03. The number of alkyl halides is 3. The number of aliphatic carboxylic acids is 1. The van der Waals surface area contributed by atoms with Crippen LogP contribution in [0.1, 0.15) is 59.8 Å². The largest absolute Gasteiger partial charge is 0.480 e. The number of likely N-dealkylation sites (tertiary alicyclic amines) is 1. The first kappa shape index (κ1) is 31.9.